The monoisotopic (exact) mass is 212 g/mol. The second-order valence-corrected chi connectivity index (χ2v) is 3.85. The highest BCUT2D eigenvalue weighted by Crippen LogP contribution is 2.14. The van der Waals surface area contributed by atoms with Crippen LogP contribution in [0.1, 0.15) is 11.3 Å². The zero-order valence-corrected chi connectivity index (χ0v) is 9.07. The Balaban J connectivity index is 2.18. The van der Waals surface area contributed by atoms with Crippen LogP contribution in [0.25, 0.3) is 11.0 Å². The van der Waals surface area contributed by atoms with E-state index in [4.69, 9.17) is 0 Å². The van der Waals surface area contributed by atoms with Crippen molar-refractivity contribution < 1.29 is 0 Å². The first-order chi connectivity index (χ1) is 7.84. The van der Waals surface area contributed by atoms with Gasteiger partial charge in [-0.15, -0.1) is 0 Å². The Morgan fingerprint density at radius 3 is 3.06 bits per heavy atom. The van der Waals surface area contributed by atoms with Crippen LogP contribution in [0.4, 0.5) is 0 Å². The van der Waals surface area contributed by atoms with Crippen molar-refractivity contribution in [1.29, 1.82) is 0 Å². The van der Waals surface area contributed by atoms with Crippen LogP contribution in [0.2, 0.25) is 0 Å². The lowest BCUT2D eigenvalue weighted by Gasteiger charge is -2.04. The first kappa shape index (κ1) is 9.27. The normalized spacial score (nSPS) is 14.9. The van der Waals surface area contributed by atoms with Gasteiger partial charge in [0.2, 0.25) is 0 Å². The fraction of sp³-hybridized carbons (Fsp3) is 0.250. The van der Waals surface area contributed by atoms with Crippen LogP contribution in [-0.4, -0.2) is 28.9 Å². The summed E-state index contributed by atoms with van der Waals surface area (Å²) in [4.78, 5) is 13.3. The molecule has 1 aromatic heterocycles. The molecule has 1 N–H and O–H groups in total. The average Bonchev–Trinajstić information content (AvgIpc) is 2.83. The number of rotatable bonds is 1. The molecule has 0 atom stereocenters. The standard InChI is InChI=1S/C12H12N4/c1-8-3-2-4-9-11(8)16-10(7-15-9)12-13-5-6-14-12/h2-4,7H,5-6H2,1H3,(H,13,14). The molecule has 80 valence electrons. The van der Waals surface area contributed by atoms with Gasteiger partial charge >= 0.3 is 0 Å². The molecule has 0 bridgehead atoms. The van der Waals surface area contributed by atoms with Crippen molar-refractivity contribution >= 4 is 16.9 Å². The SMILES string of the molecule is Cc1cccc2ncc(C3=NCCN3)nc12. The van der Waals surface area contributed by atoms with Gasteiger partial charge in [0.25, 0.3) is 0 Å². The Morgan fingerprint density at radius 1 is 1.31 bits per heavy atom. The first-order valence-electron chi connectivity index (χ1n) is 5.36. The molecule has 1 aliphatic rings. The topological polar surface area (TPSA) is 50.2 Å². The third-order valence-electron chi connectivity index (χ3n) is 2.69. The maximum absolute atomic E-state index is 4.60. The summed E-state index contributed by atoms with van der Waals surface area (Å²) in [5.41, 5.74) is 3.86. The predicted octanol–water partition coefficient (Wildman–Crippen LogP) is 1.29. The number of aryl methyl sites for hydroxylation is 1. The Bertz CT molecular complexity index is 574. The smallest absolute Gasteiger partial charge is 0.149 e. The molecule has 1 aromatic carbocycles. The second kappa shape index (κ2) is 3.56. The van der Waals surface area contributed by atoms with Crippen LogP contribution in [-0.2, 0) is 0 Å². The molecule has 2 heterocycles. The third-order valence-corrected chi connectivity index (χ3v) is 2.69. The largest absolute Gasteiger partial charge is 0.367 e. The van der Waals surface area contributed by atoms with Crippen molar-refractivity contribution in [3.8, 4) is 0 Å². The molecular formula is C12H12N4. The summed E-state index contributed by atoms with van der Waals surface area (Å²) in [5.74, 6) is 0.859. The number of nitrogens with one attached hydrogen (secondary N) is 1. The molecule has 0 fully saturated rings. The number of fused-ring (bicyclic) bond motifs is 1. The Labute approximate surface area is 93.5 Å². The molecular weight excluding hydrogens is 200 g/mol. The number of aromatic nitrogens is 2. The molecule has 3 rings (SSSR count). The molecule has 4 heteroatoms. The van der Waals surface area contributed by atoms with Gasteiger partial charge in [0.15, 0.2) is 0 Å². The van der Waals surface area contributed by atoms with E-state index in [0.29, 0.717) is 0 Å². The highest BCUT2D eigenvalue weighted by molar-refractivity contribution is 5.99. The molecule has 2 aromatic rings. The molecule has 16 heavy (non-hydrogen) atoms. The van der Waals surface area contributed by atoms with E-state index < -0.39 is 0 Å². The number of para-hydroxylation sites is 1. The van der Waals surface area contributed by atoms with Gasteiger partial charge in [-0.3, -0.25) is 9.98 Å². The number of amidine groups is 1. The molecule has 0 saturated heterocycles. The summed E-state index contributed by atoms with van der Waals surface area (Å²) in [7, 11) is 0. The lowest BCUT2D eigenvalue weighted by molar-refractivity contribution is 0.958. The highest BCUT2D eigenvalue weighted by atomic mass is 15.1. The van der Waals surface area contributed by atoms with Gasteiger partial charge in [-0.1, -0.05) is 12.1 Å². The zero-order valence-electron chi connectivity index (χ0n) is 9.07. The third kappa shape index (κ3) is 1.43. The Kier molecular flexibility index (Phi) is 2.06. The van der Waals surface area contributed by atoms with Gasteiger partial charge in [-0.25, -0.2) is 4.98 Å². The summed E-state index contributed by atoms with van der Waals surface area (Å²) in [6, 6.07) is 6.02. The maximum Gasteiger partial charge on any atom is 0.149 e. The van der Waals surface area contributed by atoms with Gasteiger partial charge in [0.05, 0.1) is 23.8 Å². The molecule has 0 spiro atoms. The molecule has 0 aliphatic carbocycles. The lowest BCUT2D eigenvalue weighted by Crippen LogP contribution is -2.20. The summed E-state index contributed by atoms with van der Waals surface area (Å²) in [5, 5.41) is 3.20. The summed E-state index contributed by atoms with van der Waals surface area (Å²) in [6.07, 6.45) is 1.78. The Morgan fingerprint density at radius 2 is 2.25 bits per heavy atom. The molecule has 0 saturated carbocycles. The van der Waals surface area contributed by atoms with Crippen molar-refractivity contribution in [1.82, 2.24) is 15.3 Å². The summed E-state index contributed by atoms with van der Waals surface area (Å²) < 4.78 is 0. The molecule has 0 radical (unpaired) electrons. The number of hydrogen-bond donors (Lipinski definition) is 1. The van der Waals surface area contributed by atoms with Crippen molar-refractivity contribution in [2.45, 2.75) is 6.92 Å². The molecule has 0 amide bonds. The molecule has 1 aliphatic heterocycles. The van der Waals surface area contributed by atoms with Crippen molar-refractivity contribution in [2.24, 2.45) is 4.99 Å². The number of aliphatic imine (C=N–C) groups is 1. The lowest BCUT2D eigenvalue weighted by atomic mass is 10.2. The van der Waals surface area contributed by atoms with Crippen LogP contribution < -0.4 is 5.32 Å². The van der Waals surface area contributed by atoms with Gasteiger partial charge in [0, 0.05) is 6.54 Å². The van der Waals surface area contributed by atoms with Crippen molar-refractivity contribution in [3.63, 3.8) is 0 Å². The van der Waals surface area contributed by atoms with E-state index in [2.05, 4.69) is 20.3 Å². The second-order valence-electron chi connectivity index (χ2n) is 3.85. The van der Waals surface area contributed by atoms with Crippen LogP contribution in [0.3, 0.4) is 0 Å². The number of nitrogens with zero attached hydrogens (tertiary/aromatic N) is 3. The minimum Gasteiger partial charge on any atom is -0.367 e. The van der Waals surface area contributed by atoms with Gasteiger partial charge in [0.1, 0.15) is 11.5 Å². The van der Waals surface area contributed by atoms with E-state index in [0.717, 1.165) is 41.2 Å². The summed E-state index contributed by atoms with van der Waals surface area (Å²) in [6.45, 7) is 3.76. The van der Waals surface area contributed by atoms with Gasteiger partial charge in [-0.2, -0.15) is 0 Å². The number of benzene rings is 1. The maximum atomic E-state index is 4.60. The van der Waals surface area contributed by atoms with Crippen LogP contribution in [0.15, 0.2) is 29.4 Å². The first-order valence-corrected chi connectivity index (χ1v) is 5.36. The van der Waals surface area contributed by atoms with E-state index >= 15 is 0 Å². The van der Waals surface area contributed by atoms with E-state index in [1.165, 1.54) is 0 Å². The molecule has 0 unspecified atom stereocenters. The molecule has 4 nitrogen and oxygen atoms in total. The minimum absolute atomic E-state index is 0.822. The van der Waals surface area contributed by atoms with E-state index in [9.17, 15) is 0 Å². The van der Waals surface area contributed by atoms with Crippen LogP contribution in [0, 0.1) is 6.92 Å². The highest BCUT2D eigenvalue weighted by Gasteiger charge is 2.10. The fourth-order valence-corrected chi connectivity index (χ4v) is 1.86. The summed E-state index contributed by atoms with van der Waals surface area (Å²) >= 11 is 0. The van der Waals surface area contributed by atoms with Crippen molar-refractivity contribution in [3.05, 3.63) is 35.7 Å². The van der Waals surface area contributed by atoms with E-state index in [1.807, 2.05) is 25.1 Å². The van der Waals surface area contributed by atoms with Gasteiger partial charge in [-0.05, 0) is 18.6 Å². The van der Waals surface area contributed by atoms with Gasteiger partial charge < -0.3 is 5.32 Å². The van der Waals surface area contributed by atoms with Crippen molar-refractivity contribution in [2.75, 3.05) is 13.1 Å². The van der Waals surface area contributed by atoms with E-state index in [-0.39, 0.29) is 0 Å². The quantitative estimate of drug-likeness (QED) is 0.775. The fourth-order valence-electron chi connectivity index (χ4n) is 1.86. The Hall–Kier alpha value is -1.97. The van der Waals surface area contributed by atoms with Crippen LogP contribution >= 0.6 is 0 Å². The zero-order chi connectivity index (χ0) is 11.0. The average molecular weight is 212 g/mol. The van der Waals surface area contributed by atoms with E-state index in [1.54, 1.807) is 6.20 Å². The predicted molar refractivity (Wildman–Crippen MR) is 63.7 cm³/mol. The van der Waals surface area contributed by atoms with Crippen LogP contribution in [0.5, 0.6) is 0 Å². The minimum atomic E-state index is 0.822. The number of hydrogen-bond acceptors (Lipinski definition) is 4.